The van der Waals surface area contributed by atoms with Crippen LogP contribution in [0.4, 0.5) is 26.3 Å². The fraction of sp³-hybridized carbons (Fsp3) is 0.241. The quantitative estimate of drug-likeness (QED) is 0.237. The Labute approximate surface area is 219 Å². The third-order valence-electron chi connectivity index (χ3n) is 7.18. The molecule has 3 heterocycles. The molecular weight excluding hydrogens is 518 g/mol. The average molecular weight is 541 g/mol. The lowest BCUT2D eigenvalue weighted by Gasteiger charge is -2.26. The molecule has 0 amide bonds. The van der Waals surface area contributed by atoms with Gasteiger partial charge in [0.15, 0.2) is 5.65 Å². The number of pyridine rings is 1. The van der Waals surface area contributed by atoms with Crippen molar-refractivity contribution in [1.82, 2.24) is 19.9 Å². The lowest BCUT2D eigenvalue weighted by atomic mass is 10.0. The zero-order valence-electron chi connectivity index (χ0n) is 20.4. The second kappa shape index (κ2) is 9.37. The Hall–Kier alpha value is -3.92. The van der Waals surface area contributed by atoms with Crippen molar-refractivity contribution >= 4 is 21.9 Å². The maximum atomic E-state index is 14.1. The van der Waals surface area contributed by atoms with Crippen LogP contribution in [0.2, 0.25) is 0 Å². The molecule has 39 heavy (non-hydrogen) atoms. The summed E-state index contributed by atoms with van der Waals surface area (Å²) in [6.45, 7) is 1.24. The largest absolute Gasteiger partial charge is 0.417 e. The molecular formula is C29H22F6N4. The lowest BCUT2D eigenvalue weighted by molar-refractivity contribution is -0.141. The van der Waals surface area contributed by atoms with Crippen molar-refractivity contribution in [3.63, 3.8) is 0 Å². The third-order valence-corrected chi connectivity index (χ3v) is 7.18. The van der Waals surface area contributed by atoms with E-state index < -0.39 is 29.0 Å². The van der Waals surface area contributed by atoms with Gasteiger partial charge in [0.25, 0.3) is 0 Å². The number of hydrogen-bond donors (Lipinski definition) is 1. The molecule has 200 valence electrons. The molecule has 1 fully saturated rings. The number of imidazole rings is 1. The molecule has 4 nitrogen and oxygen atoms in total. The van der Waals surface area contributed by atoms with Gasteiger partial charge in [-0.1, -0.05) is 36.4 Å². The fourth-order valence-electron chi connectivity index (χ4n) is 5.26. The lowest BCUT2D eigenvalue weighted by Crippen LogP contribution is -2.30. The minimum atomic E-state index is -4.87. The molecule has 0 saturated carbocycles. The number of aromatic nitrogens is 3. The highest BCUT2D eigenvalue weighted by Crippen LogP contribution is 2.42. The number of piperidine rings is 1. The van der Waals surface area contributed by atoms with Crippen molar-refractivity contribution in [3.05, 3.63) is 84.1 Å². The van der Waals surface area contributed by atoms with Crippen molar-refractivity contribution in [1.29, 1.82) is 0 Å². The van der Waals surface area contributed by atoms with Gasteiger partial charge in [-0.15, -0.1) is 0 Å². The molecule has 0 bridgehead atoms. The SMILES string of the molecule is FC(F)(F)c1ccc(C(F)(F)F)c(-c2nc3cc(-c4ccc5ccccc5c4)cnc3n2C2CCNCC2)c1. The van der Waals surface area contributed by atoms with Gasteiger partial charge < -0.3 is 9.88 Å². The van der Waals surface area contributed by atoms with Crippen molar-refractivity contribution in [2.24, 2.45) is 0 Å². The van der Waals surface area contributed by atoms with E-state index in [1.807, 2.05) is 42.5 Å². The van der Waals surface area contributed by atoms with Crippen LogP contribution in [-0.4, -0.2) is 27.6 Å². The van der Waals surface area contributed by atoms with Crippen LogP contribution in [0.25, 0.3) is 44.5 Å². The highest BCUT2D eigenvalue weighted by atomic mass is 19.4. The number of nitrogens with zero attached hydrogens (tertiary/aromatic N) is 3. The predicted molar refractivity (Wildman–Crippen MR) is 137 cm³/mol. The number of fused-ring (bicyclic) bond motifs is 2. The molecule has 0 unspecified atom stereocenters. The van der Waals surface area contributed by atoms with Crippen LogP contribution in [0, 0.1) is 0 Å². The van der Waals surface area contributed by atoms with Gasteiger partial charge in [-0.3, -0.25) is 0 Å². The molecule has 1 aliphatic heterocycles. The van der Waals surface area contributed by atoms with E-state index in [1.54, 1.807) is 16.8 Å². The number of benzene rings is 3. The molecule has 0 aliphatic carbocycles. The number of hydrogen-bond acceptors (Lipinski definition) is 3. The summed E-state index contributed by atoms with van der Waals surface area (Å²) in [4.78, 5) is 9.12. The van der Waals surface area contributed by atoms with E-state index in [0.717, 1.165) is 16.3 Å². The molecule has 2 aromatic heterocycles. The molecule has 1 aliphatic rings. The van der Waals surface area contributed by atoms with E-state index in [4.69, 9.17) is 0 Å². The molecule has 0 atom stereocenters. The van der Waals surface area contributed by atoms with Gasteiger partial charge >= 0.3 is 12.4 Å². The number of halogens is 6. The normalized spacial score (nSPS) is 15.3. The maximum absolute atomic E-state index is 14.1. The summed E-state index contributed by atoms with van der Waals surface area (Å²) in [6.07, 6.45) is -6.90. The summed E-state index contributed by atoms with van der Waals surface area (Å²) in [5.41, 5.74) is -0.742. The molecule has 1 N–H and O–H groups in total. The molecule has 10 heteroatoms. The zero-order valence-corrected chi connectivity index (χ0v) is 20.4. The molecule has 1 saturated heterocycles. The van der Waals surface area contributed by atoms with Crippen LogP contribution < -0.4 is 5.32 Å². The zero-order chi connectivity index (χ0) is 27.4. The van der Waals surface area contributed by atoms with Crippen LogP contribution >= 0.6 is 0 Å². The van der Waals surface area contributed by atoms with Gasteiger partial charge in [0, 0.05) is 23.4 Å². The van der Waals surface area contributed by atoms with E-state index in [9.17, 15) is 26.3 Å². The molecule has 0 spiro atoms. The van der Waals surface area contributed by atoms with Gasteiger partial charge in [0.1, 0.15) is 11.3 Å². The first-order valence-corrected chi connectivity index (χ1v) is 12.5. The van der Waals surface area contributed by atoms with E-state index in [0.29, 0.717) is 60.9 Å². The predicted octanol–water partition coefficient (Wildman–Crippen LogP) is 7.88. The molecule has 5 aromatic rings. The summed E-state index contributed by atoms with van der Waals surface area (Å²) in [5, 5.41) is 5.27. The van der Waals surface area contributed by atoms with Gasteiger partial charge in [-0.25, -0.2) is 9.97 Å². The average Bonchev–Trinajstić information content (AvgIpc) is 3.31. The van der Waals surface area contributed by atoms with Gasteiger partial charge in [0.2, 0.25) is 0 Å². The van der Waals surface area contributed by atoms with E-state index >= 15 is 0 Å². The van der Waals surface area contributed by atoms with Crippen molar-refractivity contribution in [2.45, 2.75) is 31.2 Å². The topological polar surface area (TPSA) is 42.7 Å². The maximum Gasteiger partial charge on any atom is 0.417 e. The van der Waals surface area contributed by atoms with E-state index in [-0.39, 0.29) is 11.9 Å². The summed E-state index contributed by atoms with van der Waals surface area (Å²) < 4.78 is 84.6. The van der Waals surface area contributed by atoms with Gasteiger partial charge in [-0.2, -0.15) is 26.3 Å². The molecule has 0 radical (unpaired) electrons. The summed E-state index contributed by atoms with van der Waals surface area (Å²) in [6, 6.07) is 16.6. The Balaban J connectivity index is 1.58. The minimum absolute atomic E-state index is 0.168. The minimum Gasteiger partial charge on any atom is -0.317 e. The monoisotopic (exact) mass is 540 g/mol. The molecule has 3 aromatic carbocycles. The highest BCUT2D eigenvalue weighted by molar-refractivity contribution is 5.89. The van der Waals surface area contributed by atoms with Crippen LogP contribution in [0.5, 0.6) is 0 Å². The first kappa shape index (κ1) is 25.4. The first-order chi connectivity index (χ1) is 18.6. The Morgan fingerprint density at radius 3 is 2.23 bits per heavy atom. The standard InChI is InChI=1S/C29H22F6N4/c30-28(31,32)21-7-8-24(29(33,34)35)23(15-21)26-38-25-14-20(19-6-5-17-3-1-2-4-18(17)13-19)16-37-27(25)39(26)22-9-11-36-12-10-22/h1-8,13-16,22,36H,9-12H2. The van der Waals surface area contributed by atoms with Crippen LogP contribution in [0.3, 0.4) is 0 Å². The number of rotatable bonds is 3. The summed E-state index contributed by atoms with van der Waals surface area (Å²) in [7, 11) is 0. The highest BCUT2D eigenvalue weighted by Gasteiger charge is 2.39. The van der Waals surface area contributed by atoms with Crippen molar-refractivity contribution in [3.8, 4) is 22.5 Å². The van der Waals surface area contributed by atoms with E-state index in [2.05, 4.69) is 15.3 Å². The van der Waals surface area contributed by atoms with Gasteiger partial charge in [-0.05, 0) is 72.6 Å². The number of alkyl halides is 6. The van der Waals surface area contributed by atoms with Crippen LogP contribution in [-0.2, 0) is 12.4 Å². The number of nitrogens with one attached hydrogen (secondary N) is 1. The third kappa shape index (κ3) is 4.73. The van der Waals surface area contributed by atoms with Crippen LogP contribution in [0.15, 0.2) is 72.9 Å². The summed E-state index contributed by atoms with van der Waals surface area (Å²) >= 11 is 0. The second-order valence-electron chi connectivity index (χ2n) is 9.67. The summed E-state index contributed by atoms with van der Waals surface area (Å²) in [5.74, 6) is -0.168. The Kier molecular flexibility index (Phi) is 6.10. The Morgan fingerprint density at radius 1 is 0.769 bits per heavy atom. The first-order valence-electron chi connectivity index (χ1n) is 12.5. The fourth-order valence-corrected chi connectivity index (χ4v) is 5.26. The smallest absolute Gasteiger partial charge is 0.317 e. The second-order valence-corrected chi connectivity index (χ2v) is 9.67. The molecule has 6 rings (SSSR count). The van der Waals surface area contributed by atoms with Crippen LogP contribution in [0.1, 0.15) is 30.0 Å². The van der Waals surface area contributed by atoms with Gasteiger partial charge in [0.05, 0.1) is 11.1 Å². The van der Waals surface area contributed by atoms with Crippen molar-refractivity contribution < 1.29 is 26.3 Å². The Morgan fingerprint density at radius 2 is 1.51 bits per heavy atom. The Bertz CT molecular complexity index is 1680. The van der Waals surface area contributed by atoms with Crippen molar-refractivity contribution in [2.75, 3.05) is 13.1 Å². The van der Waals surface area contributed by atoms with E-state index in [1.165, 1.54) is 0 Å².